The molecule has 0 saturated carbocycles. The fourth-order valence-electron chi connectivity index (χ4n) is 1.85. The minimum Gasteiger partial charge on any atom is -0.481 e. The first-order chi connectivity index (χ1) is 10.1. The Kier molecular flexibility index (Phi) is 4.61. The van der Waals surface area contributed by atoms with Crippen molar-refractivity contribution in [2.45, 2.75) is 13.0 Å². The SMILES string of the molecule is O=C(O)Cc1ccccc1CNC(=O)c1ccc(F)nc1. The first-order valence-electron chi connectivity index (χ1n) is 6.24. The van der Waals surface area contributed by atoms with Gasteiger partial charge in [0.1, 0.15) is 0 Å². The number of benzene rings is 1. The first-order valence-corrected chi connectivity index (χ1v) is 6.24. The molecule has 2 rings (SSSR count). The van der Waals surface area contributed by atoms with Crippen molar-refractivity contribution in [3.8, 4) is 0 Å². The van der Waals surface area contributed by atoms with Crippen molar-refractivity contribution < 1.29 is 19.1 Å². The zero-order valence-corrected chi connectivity index (χ0v) is 11.0. The number of carboxylic acid groups (broad SMARTS) is 1. The Hall–Kier alpha value is -2.76. The molecule has 21 heavy (non-hydrogen) atoms. The minimum atomic E-state index is -0.934. The lowest BCUT2D eigenvalue weighted by Crippen LogP contribution is -2.23. The van der Waals surface area contributed by atoms with Gasteiger partial charge in [-0.25, -0.2) is 4.98 Å². The maximum atomic E-state index is 12.7. The molecule has 2 aromatic rings. The zero-order chi connectivity index (χ0) is 15.2. The van der Waals surface area contributed by atoms with E-state index in [9.17, 15) is 14.0 Å². The van der Waals surface area contributed by atoms with Crippen LogP contribution in [0.5, 0.6) is 0 Å². The van der Waals surface area contributed by atoms with E-state index in [1.807, 2.05) is 0 Å². The second-order valence-electron chi connectivity index (χ2n) is 4.39. The highest BCUT2D eigenvalue weighted by atomic mass is 19.1. The number of carbonyl (C=O) groups is 2. The van der Waals surface area contributed by atoms with Crippen molar-refractivity contribution in [2.75, 3.05) is 0 Å². The number of carbonyl (C=O) groups excluding carboxylic acids is 1. The maximum absolute atomic E-state index is 12.7. The van der Waals surface area contributed by atoms with E-state index in [2.05, 4.69) is 10.3 Å². The minimum absolute atomic E-state index is 0.107. The summed E-state index contributed by atoms with van der Waals surface area (Å²) in [6.45, 7) is 0.194. The Morgan fingerprint density at radius 3 is 2.48 bits per heavy atom. The molecule has 108 valence electrons. The molecule has 0 unspecified atom stereocenters. The van der Waals surface area contributed by atoms with Crippen LogP contribution in [0, 0.1) is 5.95 Å². The van der Waals surface area contributed by atoms with E-state index in [-0.39, 0.29) is 18.5 Å². The molecule has 2 N–H and O–H groups in total. The average molecular weight is 288 g/mol. The molecule has 6 heteroatoms. The van der Waals surface area contributed by atoms with Crippen molar-refractivity contribution in [2.24, 2.45) is 0 Å². The number of aromatic nitrogens is 1. The van der Waals surface area contributed by atoms with Crippen LogP contribution in [0.15, 0.2) is 42.6 Å². The number of nitrogens with one attached hydrogen (secondary N) is 1. The van der Waals surface area contributed by atoms with Gasteiger partial charge in [0.05, 0.1) is 12.0 Å². The van der Waals surface area contributed by atoms with E-state index >= 15 is 0 Å². The van der Waals surface area contributed by atoms with Gasteiger partial charge in [0, 0.05) is 12.7 Å². The van der Waals surface area contributed by atoms with Gasteiger partial charge in [-0.3, -0.25) is 9.59 Å². The molecule has 0 spiro atoms. The number of aliphatic carboxylic acids is 1. The monoisotopic (exact) mass is 288 g/mol. The Bertz CT molecular complexity index is 656. The van der Waals surface area contributed by atoms with E-state index in [1.54, 1.807) is 24.3 Å². The summed E-state index contributed by atoms with van der Waals surface area (Å²) in [6.07, 6.45) is 1.04. The summed E-state index contributed by atoms with van der Waals surface area (Å²) in [5, 5.41) is 11.5. The van der Waals surface area contributed by atoms with Gasteiger partial charge < -0.3 is 10.4 Å². The summed E-state index contributed by atoms with van der Waals surface area (Å²) >= 11 is 0. The lowest BCUT2D eigenvalue weighted by molar-refractivity contribution is -0.136. The summed E-state index contributed by atoms with van der Waals surface area (Å²) in [7, 11) is 0. The molecule has 0 aliphatic carbocycles. The maximum Gasteiger partial charge on any atom is 0.307 e. The predicted octanol–water partition coefficient (Wildman–Crippen LogP) is 1.78. The highest BCUT2D eigenvalue weighted by molar-refractivity contribution is 5.93. The number of rotatable bonds is 5. The lowest BCUT2D eigenvalue weighted by atomic mass is 10.0. The topological polar surface area (TPSA) is 79.3 Å². The molecule has 0 radical (unpaired) electrons. The van der Waals surface area contributed by atoms with Gasteiger partial charge in [0.2, 0.25) is 5.95 Å². The van der Waals surface area contributed by atoms with Crippen LogP contribution in [0.1, 0.15) is 21.5 Å². The first kappa shape index (κ1) is 14.6. The third-order valence-electron chi connectivity index (χ3n) is 2.89. The van der Waals surface area contributed by atoms with Crippen molar-refractivity contribution in [3.63, 3.8) is 0 Å². The smallest absolute Gasteiger partial charge is 0.307 e. The molecule has 0 bridgehead atoms. The molecular formula is C15H13FN2O3. The molecule has 0 aliphatic rings. The Morgan fingerprint density at radius 2 is 1.86 bits per heavy atom. The van der Waals surface area contributed by atoms with Gasteiger partial charge in [-0.15, -0.1) is 0 Å². The van der Waals surface area contributed by atoms with Crippen molar-refractivity contribution >= 4 is 11.9 Å². The fourth-order valence-corrected chi connectivity index (χ4v) is 1.85. The quantitative estimate of drug-likeness (QED) is 0.822. The van der Waals surface area contributed by atoms with E-state index in [0.29, 0.717) is 5.56 Å². The van der Waals surface area contributed by atoms with Gasteiger partial charge in [-0.1, -0.05) is 24.3 Å². The average Bonchev–Trinajstić information content (AvgIpc) is 2.46. The standard InChI is InChI=1S/C15H13FN2O3/c16-13-6-5-12(9-17-13)15(21)18-8-11-4-2-1-3-10(11)7-14(19)20/h1-6,9H,7-8H2,(H,18,21)(H,19,20). The van der Waals surface area contributed by atoms with E-state index < -0.39 is 17.8 Å². The number of hydrogen-bond donors (Lipinski definition) is 2. The number of amides is 1. The molecule has 1 heterocycles. The number of halogens is 1. The van der Waals surface area contributed by atoms with Crippen molar-refractivity contribution in [1.82, 2.24) is 10.3 Å². The summed E-state index contributed by atoms with van der Waals surface area (Å²) in [4.78, 5) is 26.1. The van der Waals surface area contributed by atoms with Crippen LogP contribution in [-0.2, 0) is 17.8 Å². The molecule has 0 fully saturated rings. The Morgan fingerprint density at radius 1 is 1.14 bits per heavy atom. The van der Waals surface area contributed by atoms with Crippen LogP contribution >= 0.6 is 0 Å². The van der Waals surface area contributed by atoms with Crippen LogP contribution in [0.4, 0.5) is 4.39 Å². The zero-order valence-electron chi connectivity index (χ0n) is 11.0. The molecule has 1 amide bonds. The van der Waals surface area contributed by atoms with Crippen LogP contribution in [0.2, 0.25) is 0 Å². The van der Waals surface area contributed by atoms with E-state index in [0.717, 1.165) is 17.8 Å². The van der Waals surface area contributed by atoms with E-state index in [4.69, 9.17) is 5.11 Å². The lowest BCUT2D eigenvalue weighted by Gasteiger charge is -2.09. The number of carboxylic acids is 1. The number of nitrogens with zero attached hydrogens (tertiary/aromatic N) is 1. The van der Waals surface area contributed by atoms with E-state index in [1.165, 1.54) is 6.07 Å². The fraction of sp³-hybridized carbons (Fsp3) is 0.133. The molecule has 1 aromatic heterocycles. The number of pyridine rings is 1. The number of hydrogen-bond acceptors (Lipinski definition) is 3. The predicted molar refractivity (Wildman–Crippen MR) is 73.1 cm³/mol. The van der Waals surface area contributed by atoms with Crippen molar-refractivity contribution in [1.29, 1.82) is 0 Å². The Balaban J connectivity index is 2.04. The van der Waals surface area contributed by atoms with Gasteiger partial charge in [0.15, 0.2) is 0 Å². The van der Waals surface area contributed by atoms with Crippen LogP contribution in [-0.4, -0.2) is 22.0 Å². The summed E-state index contributed by atoms with van der Waals surface area (Å²) in [5.74, 6) is -1.98. The largest absolute Gasteiger partial charge is 0.481 e. The van der Waals surface area contributed by atoms with Gasteiger partial charge >= 0.3 is 5.97 Å². The molecule has 0 saturated heterocycles. The second-order valence-corrected chi connectivity index (χ2v) is 4.39. The van der Waals surface area contributed by atoms with Gasteiger partial charge in [-0.05, 0) is 23.3 Å². The summed E-state index contributed by atoms with van der Waals surface area (Å²) in [5.41, 5.74) is 1.61. The van der Waals surface area contributed by atoms with Gasteiger partial charge in [0.25, 0.3) is 5.91 Å². The summed E-state index contributed by atoms with van der Waals surface area (Å²) in [6, 6.07) is 9.41. The molecule has 5 nitrogen and oxygen atoms in total. The third-order valence-corrected chi connectivity index (χ3v) is 2.89. The molecule has 0 atom stereocenters. The van der Waals surface area contributed by atoms with Gasteiger partial charge in [-0.2, -0.15) is 4.39 Å². The summed E-state index contributed by atoms with van der Waals surface area (Å²) < 4.78 is 12.7. The van der Waals surface area contributed by atoms with Crippen LogP contribution in [0.25, 0.3) is 0 Å². The third kappa shape index (κ3) is 4.10. The molecule has 1 aromatic carbocycles. The van der Waals surface area contributed by atoms with Crippen molar-refractivity contribution in [3.05, 3.63) is 65.2 Å². The normalized spacial score (nSPS) is 10.1. The Labute approximate surface area is 120 Å². The highest BCUT2D eigenvalue weighted by Crippen LogP contribution is 2.10. The van der Waals surface area contributed by atoms with Crippen LogP contribution in [0.3, 0.4) is 0 Å². The molecular weight excluding hydrogens is 275 g/mol. The second kappa shape index (κ2) is 6.60. The van der Waals surface area contributed by atoms with Crippen LogP contribution < -0.4 is 5.32 Å². The molecule has 0 aliphatic heterocycles. The highest BCUT2D eigenvalue weighted by Gasteiger charge is 2.09.